The number of hydrogen-bond acceptors (Lipinski definition) is 5. The monoisotopic (exact) mass is 317 g/mol. The van der Waals surface area contributed by atoms with Crippen LogP contribution in [0.5, 0.6) is 0 Å². The average Bonchev–Trinajstić information content (AvgIpc) is 3.07. The summed E-state index contributed by atoms with van der Waals surface area (Å²) in [6, 6.07) is 3.19. The highest BCUT2D eigenvalue weighted by atomic mass is 32.2. The molecule has 0 radical (unpaired) electrons. The van der Waals surface area contributed by atoms with Crippen LogP contribution in [0, 0.1) is 5.92 Å². The van der Waals surface area contributed by atoms with Crippen molar-refractivity contribution in [3.63, 3.8) is 0 Å². The fourth-order valence-electron chi connectivity index (χ4n) is 2.27. The number of thiophene rings is 1. The first-order valence-electron chi connectivity index (χ1n) is 6.48. The van der Waals surface area contributed by atoms with Crippen molar-refractivity contribution >= 4 is 27.3 Å². The number of nitrogens with zero attached hydrogens (tertiary/aromatic N) is 1. The van der Waals surface area contributed by atoms with Gasteiger partial charge < -0.3 is 10.2 Å². The van der Waals surface area contributed by atoms with Crippen LogP contribution in [0.3, 0.4) is 0 Å². The summed E-state index contributed by atoms with van der Waals surface area (Å²) in [6.07, 6.45) is 0.963. The minimum atomic E-state index is -3.56. The average molecular weight is 317 g/mol. The first-order chi connectivity index (χ1) is 9.53. The van der Waals surface area contributed by atoms with Crippen molar-refractivity contribution in [2.24, 2.45) is 5.92 Å². The third-order valence-electron chi connectivity index (χ3n) is 3.30. The van der Waals surface area contributed by atoms with Crippen molar-refractivity contribution in [1.82, 2.24) is 14.9 Å². The molecule has 0 saturated carbocycles. The maximum absolute atomic E-state index is 12.0. The molecular formula is C12H19N3O3S2. The lowest BCUT2D eigenvalue weighted by Crippen LogP contribution is -2.39. The number of sulfonamides is 1. The number of rotatable bonds is 6. The molecule has 6 nitrogen and oxygen atoms in total. The van der Waals surface area contributed by atoms with Crippen LogP contribution in [-0.2, 0) is 14.8 Å². The second kappa shape index (κ2) is 6.66. The second-order valence-corrected chi connectivity index (χ2v) is 7.75. The van der Waals surface area contributed by atoms with Crippen LogP contribution >= 0.6 is 11.3 Å². The smallest absolute Gasteiger partial charge is 0.250 e. The van der Waals surface area contributed by atoms with Crippen LogP contribution < -0.4 is 10.0 Å². The number of hydrogen-bond donors (Lipinski definition) is 2. The Bertz CT molecular complexity index is 542. The van der Waals surface area contributed by atoms with Crippen LogP contribution in [0.2, 0.25) is 0 Å². The van der Waals surface area contributed by atoms with E-state index in [4.69, 9.17) is 0 Å². The first kappa shape index (κ1) is 15.4. The van der Waals surface area contributed by atoms with Crippen molar-refractivity contribution in [1.29, 1.82) is 0 Å². The molecule has 2 N–H and O–H groups in total. The van der Waals surface area contributed by atoms with Gasteiger partial charge in [0.2, 0.25) is 5.91 Å². The summed E-state index contributed by atoms with van der Waals surface area (Å²) in [5.41, 5.74) is 0. The van der Waals surface area contributed by atoms with Crippen molar-refractivity contribution < 1.29 is 13.2 Å². The molecule has 1 aromatic heterocycles. The van der Waals surface area contributed by atoms with Crippen LogP contribution in [0.25, 0.3) is 0 Å². The fraction of sp³-hybridized carbons (Fsp3) is 0.583. The molecule has 1 atom stereocenters. The quantitative estimate of drug-likeness (QED) is 0.780. The van der Waals surface area contributed by atoms with E-state index in [2.05, 4.69) is 10.0 Å². The van der Waals surface area contributed by atoms with E-state index in [9.17, 15) is 13.2 Å². The lowest BCUT2D eigenvalue weighted by molar-refractivity contribution is -0.129. The van der Waals surface area contributed by atoms with Crippen LogP contribution in [0.1, 0.15) is 6.42 Å². The highest BCUT2D eigenvalue weighted by molar-refractivity contribution is 7.91. The molecule has 1 unspecified atom stereocenters. The number of amides is 1. The standard InChI is InChI=1S/C12H19N3O3S2/c1-13-7-10-4-5-15(9-10)11(16)8-14-20(17,18)12-3-2-6-19-12/h2-3,6,10,13-14H,4-5,7-9H2,1H3. The summed E-state index contributed by atoms with van der Waals surface area (Å²) in [5.74, 6) is 0.293. The molecule has 1 amide bonds. The normalized spacial score (nSPS) is 19.4. The zero-order valence-corrected chi connectivity index (χ0v) is 13.0. The number of likely N-dealkylation sites (tertiary alicyclic amines) is 1. The summed E-state index contributed by atoms with van der Waals surface area (Å²) in [7, 11) is -1.67. The van der Waals surface area contributed by atoms with Gasteiger partial charge in [0.25, 0.3) is 10.0 Å². The van der Waals surface area contributed by atoms with Gasteiger partial charge in [0, 0.05) is 13.1 Å². The molecule has 112 valence electrons. The molecule has 1 fully saturated rings. The van der Waals surface area contributed by atoms with Gasteiger partial charge in [-0.2, -0.15) is 0 Å². The Labute approximate surface area is 123 Å². The Kier molecular flexibility index (Phi) is 5.14. The SMILES string of the molecule is CNCC1CCN(C(=O)CNS(=O)(=O)c2cccs2)C1. The van der Waals surface area contributed by atoms with Gasteiger partial charge >= 0.3 is 0 Å². The van der Waals surface area contributed by atoms with Gasteiger partial charge in [-0.25, -0.2) is 13.1 Å². The highest BCUT2D eigenvalue weighted by Gasteiger charge is 2.26. The molecule has 20 heavy (non-hydrogen) atoms. The summed E-state index contributed by atoms with van der Waals surface area (Å²) in [6.45, 7) is 2.10. The molecule has 2 rings (SSSR count). The van der Waals surface area contributed by atoms with E-state index in [1.54, 1.807) is 16.3 Å². The molecule has 1 saturated heterocycles. The van der Waals surface area contributed by atoms with Crippen LogP contribution in [-0.4, -0.2) is 52.5 Å². The molecule has 0 bridgehead atoms. The summed E-state index contributed by atoms with van der Waals surface area (Å²) < 4.78 is 26.4. The Morgan fingerprint density at radius 3 is 3.00 bits per heavy atom. The van der Waals surface area contributed by atoms with Crippen molar-refractivity contribution in [3.8, 4) is 0 Å². The van der Waals surface area contributed by atoms with E-state index in [1.807, 2.05) is 7.05 Å². The van der Waals surface area contributed by atoms with Crippen LogP contribution in [0.4, 0.5) is 0 Å². The number of carbonyl (C=O) groups excluding carboxylic acids is 1. The minimum absolute atomic E-state index is 0.163. The van der Waals surface area contributed by atoms with Gasteiger partial charge in [0.05, 0.1) is 6.54 Å². The van der Waals surface area contributed by atoms with Crippen molar-refractivity contribution in [3.05, 3.63) is 17.5 Å². The van der Waals surface area contributed by atoms with E-state index in [0.717, 1.165) is 24.3 Å². The summed E-state index contributed by atoms with van der Waals surface area (Å²) in [4.78, 5) is 13.7. The predicted molar refractivity (Wildman–Crippen MR) is 78.1 cm³/mol. The molecule has 0 aliphatic carbocycles. The fourth-order valence-corrected chi connectivity index (χ4v) is 4.28. The maximum Gasteiger partial charge on any atom is 0.250 e. The Morgan fingerprint density at radius 1 is 1.55 bits per heavy atom. The number of nitrogens with one attached hydrogen (secondary N) is 2. The zero-order chi connectivity index (χ0) is 14.6. The maximum atomic E-state index is 12.0. The van der Waals surface area contributed by atoms with Gasteiger partial charge in [0.1, 0.15) is 4.21 Å². The first-order valence-corrected chi connectivity index (χ1v) is 8.85. The topological polar surface area (TPSA) is 78.5 Å². The zero-order valence-electron chi connectivity index (χ0n) is 11.3. The molecular weight excluding hydrogens is 298 g/mol. The van der Waals surface area contributed by atoms with Crippen molar-refractivity contribution in [2.75, 3.05) is 33.2 Å². The molecule has 1 aliphatic rings. The minimum Gasteiger partial charge on any atom is -0.341 e. The predicted octanol–water partition coefficient (Wildman–Crippen LogP) is 0.0943. The molecule has 2 heterocycles. The molecule has 0 spiro atoms. The lowest BCUT2D eigenvalue weighted by Gasteiger charge is -2.16. The Hall–Kier alpha value is -0.960. The third kappa shape index (κ3) is 3.78. The highest BCUT2D eigenvalue weighted by Crippen LogP contribution is 2.17. The van der Waals surface area contributed by atoms with Gasteiger partial charge in [-0.1, -0.05) is 6.07 Å². The van der Waals surface area contributed by atoms with Gasteiger partial charge in [-0.15, -0.1) is 11.3 Å². The van der Waals surface area contributed by atoms with Gasteiger partial charge in [0.15, 0.2) is 0 Å². The molecule has 1 aliphatic heterocycles. The Morgan fingerprint density at radius 2 is 2.35 bits per heavy atom. The van der Waals surface area contributed by atoms with E-state index in [-0.39, 0.29) is 16.7 Å². The third-order valence-corrected chi connectivity index (χ3v) is 6.10. The van der Waals surface area contributed by atoms with E-state index in [1.165, 1.54) is 6.07 Å². The van der Waals surface area contributed by atoms with Crippen molar-refractivity contribution in [2.45, 2.75) is 10.6 Å². The molecule has 0 aromatic carbocycles. The molecule has 8 heteroatoms. The van der Waals surface area contributed by atoms with E-state index >= 15 is 0 Å². The van der Waals surface area contributed by atoms with E-state index in [0.29, 0.717) is 19.0 Å². The Balaban J connectivity index is 1.84. The second-order valence-electron chi connectivity index (χ2n) is 4.81. The molecule has 1 aromatic rings. The summed E-state index contributed by atoms with van der Waals surface area (Å²) >= 11 is 1.14. The summed E-state index contributed by atoms with van der Waals surface area (Å²) in [5, 5.41) is 4.79. The largest absolute Gasteiger partial charge is 0.341 e. The lowest BCUT2D eigenvalue weighted by atomic mass is 10.1. The van der Waals surface area contributed by atoms with Gasteiger partial charge in [-0.05, 0) is 37.4 Å². The van der Waals surface area contributed by atoms with E-state index < -0.39 is 10.0 Å². The van der Waals surface area contributed by atoms with Crippen LogP contribution in [0.15, 0.2) is 21.7 Å². The number of carbonyl (C=O) groups is 1. The van der Waals surface area contributed by atoms with Gasteiger partial charge in [-0.3, -0.25) is 4.79 Å².